The van der Waals surface area contributed by atoms with Gasteiger partial charge in [0.2, 0.25) is 0 Å². The molecule has 48 heavy (non-hydrogen) atoms. The molecule has 0 bridgehead atoms. The van der Waals surface area contributed by atoms with Crippen molar-refractivity contribution >= 4 is 76.8 Å². The quantitative estimate of drug-likeness (QED) is 0.213. The molecule has 0 saturated heterocycles. The van der Waals surface area contributed by atoms with Crippen LogP contribution < -0.4 is 5.32 Å². The van der Waals surface area contributed by atoms with Crippen molar-refractivity contribution in [1.29, 1.82) is 0 Å². The summed E-state index contributed by atoms with van der Waals surface area (Å²) in [6, 6.07) is 58.8. The van der Waals surface area contributed by atoms with Gasteiger partial charge in [-0.1, -0.05) is 133 Å². The molecule has 0 aliphatic carbocycles. The molecule has 2 heterocycles. The molecule has 0 atom stereocenters. The van der Waals surface area contributed by atoms with E-state index in [9.17, 15) is 0 Å². The average molecular weight is 618 g/mol. The molecule has 0 radical (unpaired) electrons. The van der Waals surface area contributed by atoms with Gasteiger partial charge < -0.3 is 14.2 Å². The third-order valence-corrected chi connectivity index (χ3v) is 9.13. The van der Waals surface area contributed by atoms with Crippen LogP contribution in [0.1, 0.15) is 11.1 Å². The summed E-state index contributed by atoms with van der Waals surface area (Å²) in [4.78, 5) is 0. The number of anilines is 2. The highest BCUT2D eigenvalue weighted by Crippen LogP contribution is 2.40. The molecule has 10 aromatic rings. The van der Waals surface area contributed by atoms with Gasteiger partial charge in [-0.25, -0.2) is 0 Å². The zero-order valence-corrected chi connectivity index (χ0v) is 26.2. The molecule has 0 amide bonds. The predicted octanol–water partition coefficient (Wildman–Crippen LogP) is 12.8. The standard InChI is InChI=1S/C23H16O.C22H15NO/c1-2-8-16(9-3-1)14-17-15-22-23(19-11-5-4-10-18(17)19)20-12-6-7-13-21(20)24-22;1-2-9-16(10-3-1)23-19-14-15-8-4-5-11-17(15)21-18-12-6-7-13-20(18)24-22(19)21/h1-13,15H,14H2;1-14,23H. The molecule has 10 rings (SSSR count). The number of benzene rings is 8. The molecule has 0 saturated carbocycles. The lowest BCUT2D eigenvalue weighted by atomic mass is 9.95. The van der Waals surface area contributed by atoms with Gasteiger partial charge in [0.1, 0.15) is 16.7 Å². The fraction of sp³-hybridized carbons (Fsp3) is 0.0222. The van der Waals surface area contributed by atoms with Crippen LogP contribution in [-0.2, 0) is 6.42 Å². The maximum absolute atomic E-state index is 6.20. The van der Waals surface area contributed by atoms with Gasteiger partial charge in [-0.15, -0.1) is 0 Å². The van der Waals surface area contributed by atoms with Crippen molar-refractivity contribution in [2.45, 2.75) is 6.42 Å². The van der Waals surface area contributed by atoms with E-state index < -0.39 is 0 Å². The lowest BCUT2D eigenvalue weighted by Crippen LogP contribution is -1.90. The van der Waals surface area contributed by atoms with E-state index in [2.05, 4.69) is 133 Å². The van der Waals surface area contributed by atoms with E-state index >= 15 is 0 Å². The Hall–Kier alpha value is -6.32. The molecule has 3 heteroatoms. The Labute approximate surface area is 277 Å². The zero-order chi connectivity index (χ0) is 31.9. The Morgan fingerprint density at radius 3 is 1.73 bits per heavy atom. The number of nitrogens with one attached hydrogen (secondary N) is 1. The van der Waals surface area contributed by atoms with E-state index in [4.69, 9.17) is 8.83 Å². The topological polar surface area (TPSA) is 38.3 Å². The number of para-hydroxylation sites is 3. The summed E-state index contributed by atoms with van der Waals surface area (Å²) in [6.07, 6.45) is 0.911. The molecule has 8 aromatic carbocycles. The number of fused-ring (bicyclic) bond motifs is 10. The first-order valence-electron chi connectivity index (χ1n) is 16.3. The third-order valence-electron chi connectivity index (χ3n) is 9.13. The molecule has 0 aliphatic rings. The van der Waals surface area contributed by atoms with Gasteiger partial charge in [0.25, 0.3) is 0 Å². The molecule has 228 valence electrons. The molecular weight excluding hydrogens is 587 g/mol. The van der Waals surface area contributed by atoms with Crippen LogP contribution in [-0.4, -0.2) is 0 Å². The predicted molar refractivity (Wildman–Crippen MR) is 201 cm³/mol. The maximum atomic E-state index is 6.20. The van der Waals surface area contributed by atoms with Gasteiger partial charge in [0.05, 0.1) is 5.69 Å². The van der Waals surface area contributed by atoms with Crippen LogP contribution in [0.4, 0.5) is 11.4 Å². The van der Waals surface area contributed by atoms with Gasteiger partial charge in [-0.2, -0.15) is 0 Å². The minimum absolute atomic E-state index is 0.902. The van der Waals surface area contributed by atoms with Crippen molar-refractivity contribution in [1.82, 2.24) is 0 Å². The molecule has 0 aliphatic heterocycles. The number of rotatable bonds is 4. The highest BCUT2D eigenvalue weighted by molar-refractivity contribution is 6.22. The monoisotopic (exact) mass is 617 g/mol. The zero-order valence-electron chi connectivity index (χ0n) is 26.2. The second kappa shape index (κ2) is 11.8. The Kier molecular flexibility index (Phi) is 6.87. The molecule has 1 N–H and O–H groups in total. The summed E-state index contributed by atoms with van der Waals surface area (Å²) in [7, 11) is 0. The number of hydrogen-bond donors (Lipinski definition) is 1. The van der Waals surface area contributed by atoms with Crippen molar-refractivity contribution < 1.29 is 8.83 Å². The molecule has 2 aromatic heterocycles. The van der Waals surface area contributed by atoms with Crippen LogP contribution in [0.25, 0.3) is 65.4 Å². The molecule has 3 nitrogen and oxygen atoms in total. The van der Waals surface area contributed by atoms with Crippen molar-refractivity contribution in [3.63, 3.8) is 0 Å². The highest BCUT2D eigenvalue weighted by atomic mass is 16.3. The van der Waals surface area contributed by atoms with E-state index in [1.807, 2.05) is 42.5 Å². The summed E-state index contributed by atoms with van der Waals surface area (Å²) < 4.78 is 12.3. The first-order chi connectivity index (χ1) is 23.8. The smallest absolute Gasteiger partial charge is 0.159 e. The minimum Gasteiger partial charge on any atom is -0.456 e. The molecule has 0 unspecified atom stereocenters. The normalized spacial score (nSPS) is 11.4. The van der Waals surface area contributed by atoms with E-state index in [0.717, 1.165) is 45.5 Å². The first-order valence-corrected chi connectivity index (χ1v) is 16.3. The second-order valence-corrected chi connectivity index (χ2v) is 12.2. The largest absolute Gasteiger partial charge is 0.456 e. The van der Waals surface area contributed by atoms with Gasteiger partial charge in [0.15, 0.2) is 5.58 Å². The Morgan fingerprint density at radius 2 is 0.979 bits per heavy atom. The third kappa shape index (κ3) is 4.94. The lowest BCUT2D eigenvalue weighted by Gasteiger charge is -2.09. The summed E-state index contributed by atoms with van der Waals surface area (Å²) in [5.41, 5.74) is 8.41. The average Bonchev–Trinajstić information content (AvgIpc) is 3.72. The van der Waals surface area contributed by atoms with Gasteiger partial charge in [-0.05, 0) is 75.5 Å². The van der Waals surface area contributed by atoms with E-state index in [1.165, 1.54) is 48.8 Å². The summed E-state index contributed by atoms with van der Waals surface area (Å²) in [5.74, 6) is 0. The van der Waals surface area contributed by atoms with Crippen LogP contribution in [0.3, 0.4) is 0 Å². The van der Waals surface area contributed by atoms with Crippen molar-refractivity contribution in [3.8, 4) is 0 Å². The van der Waals surface area contributed by atoms with Gasteiger partial charge >= 0.3 is 0 Å². The first kappa shape index (κ1) is 27.9. The maximum Gasteiger partial charge on any atom is 0.159 e. The van der Waals surface area contributed by atoms with Crippen LogP contribution >= 0.6 is 0 Å². The Bertz CT molecular complexity index is 2720. The molecule has 0 spiro atoms. The van der Waals surface area contributed by atoms with Gasteiger partial charge in [0, 0.05) is 27.2 Å². The minimum atomic E-state index is 0.902. The summed E-state index contributed by atoms with van der Waals surface area (Å²) in [6.45, 7) is 0. The van der Waals surface area contributed by atoms with Crippen LogP contribution in [0.2, 0.25) is 0 Å². The van der Waals surface area contributed by atoms with E-state index in [0.29, 0.717) is 0 Å². The SMILES string of the molecule is c1ccc(Cc2cc3oc4ccccc4c3c3ccccc23)cc1.c1ccc(Nc2cc3ccccc3c3c2oc2ccccc23)cc1. The number of hydrogen-bond acceptors (Lipinski definition) is 3. The van der Waals surface area contributed by atoms with E-state index in [-0.39, 0.29) is 0 Å². The molecular formula is C45H31NO2. The fourth-order valence-corrected chi connectivity index (χ4v) is 6.97. The fourth-order valence-electron chi connectivity index (χ4n) is 6.97. The van der Waals surface area contributed by atoms with Crippen molar-refractivity contribution in [2.75, 3.05) is 5.32 Å². The summed E-state index contributed by atoms with van der Waals surface area (Å²) in [5, 5.41) is 13.2. The lowest BCUT2D eigenvalue weighted by molar-refractivity contribution is 0.668. The second-order valence-electron chi connectivity index (χ2n) is 12.2. The van der Waals surface area contributed by atoms with Crippen molar-refractivity contribution in [3.05, 3.63) is 181 Å². The van der Waals surface area contributed by atoms with Crippen molar-refractivity contribution in [2.24, 2.45) is 0 Å². The van der Waals surface area contributed by atoms with Gasteiger partial charge in [-0.3, -0.25) is 0 Å². The van der Waals surface area contributed by atoms with E-state index in [1.54, 1.807) is 0 Å². The highest BCUT2D eigenvalue weighted by Gasteiger charge is 2.15. The van der Waals surface area contributed by atoms with Crippen LogP contribution in [0.5, 0.6) is 0 Å². The Balaban J connectivity index is 0.000000131. The van der Waals surface area contributed by atoms with Crippen LogP contribution in [0, 0.1) is 0 Å². The van der Waals surface area contributed by atoms with Crippen LogP contribution in [0.15, 0.2) is 179 Å². The summed E-state index contributed by atoms with van der Waals surface area (Å²) >= 11 is 0. The number of furan rings is 2. The Morgan fingerprint density at radius 1 is 0.417 bits per heavy atom. The molecule has 0 fully saturated rings.